The molecule has 0 spiro atoms. The average Bonchev–Trinajstić information content (AvgIpc) is 2.53. The minimum absolute atomic E-state index is 0.339. The number of rotatable bonds is 4. The Morgan fingerprint density at radius 1 is 1.00 bits per heavy atom. The summed E-state index contributed by atoms with van der Waals surface area (Å²) in [5.74, 6) is 1.29. The van der Waals surface area contributed by atoms with Crippen LogP contribution in [-0.2, 0) is 0 Å². The Morgan fingerprint density at radius 2 is 1.75 bits per heavy atom. The molecule has 106 valence electrons. The van der Waals surface area contributed by atoms with Crippen molar-refractivity contribution in [2.75, 3.05) is 6.61 Å². The van der Waals surface area contributed by atoms with Gasteiger partial charge in [-0.3, -0.25) is 0 Å². The Kier molecular flexibility index (Phi) is 4.22. The molecule has 2 nitrogen and oxygen atoms in total. The van der Waals surface area contributed by atoms with Gasteiger partial charge in [0.05, 0.1) is 6.10 Å². The van der Waals surface area contributed by atoms with Gasteiger partial charge in [-0.2, -0.15) is 0 Å². The van der Waals surface area contributed by atoms with Crippen LogP contribution in [0.25, 0.3) is 10.8 Å². The Bertz CT molecular complexity index is 553. The third-order valence-corrected chi connectivity index (χ3v) is 4.35. The van der Waals surface area contributed by atoms with E-state index in [1.165, 1.54) is 24.6 Å². The molecule has 0 bridgehead atoms. The topological polar surface area (TPSA) is 29.5 Å². The summed E-state index contributed by atoms with van der Waals surface area (Å²) in [5.41, 5.74) is 0. The van der Waals surface area contributed by atoms with Crippen LogP contribution in [0, 0.1) is 5.92 Å². The number of hydrogen-bond donors (Lipinski definition) is 1. The molecule has 0 aromatic heterocycles. The van der Waals surface area contributed by atoms with Gasteiger partial charge in [-0.1, -0.05) is 55.7 Å². The van der Waals surface area contributed by atoms with Crippen LogP contribution < -0.4 is 4.74 Å². The molecule has 1 fully saturated rings. The molecule has 0 amide bonds. The largest absolute Gasteiger partial charge is 0.490 e. The van der Waals surface area contributed by atoms with Crippen LogP contribution in [0.3, 0.4) is 0 Å². The summed E-state index contributed by atoms with van der Waals surface area (Å²) < 4.78 is 5.88. The van der Waals surface area contributed by atoms with Gasteiger partial charge in [0.2, 0.25) is 0 Å². The van der Waals surface area contributed by atoms with E-state index in [0.29, 0.717) is 12.5 Å². The second-order valence-electron chi connectivity index (χ2n) is 5.75. The van der Waals surface area contributed by atoms with E-state index < -0.39 is 0 Å². The van der Waals surface area contributed by atoms with Crippen molar-refractivity contribution in [1.29, 1.82) is 0 Å². The van der Waals surface area contributed by atoms with Crippen molar-refractivity contribution in [3.05, 3.63) is 42.5 Å². The molecule has 1 aliphatic carbocycles. The van der Waals surface area contributed by atoms with Gasteiger partial charge in [0, 0.05) is 5.39 Å². The van der Waals surface area contributed by atoms with Crippen molar-refractivity contribution in [3.8, 4) is 5.75 Å². The summed E-state index contributed by atoms with van der Waals surface area (Å²) in [6.45, 7) is 0.401. The lowest BCUT2D eigenvalue weighted by Gasteiger charge is -2.26. The molecular formula is C18H22O2. The highest BCUT2D eigenvalue weighted by Gasteiger charge is 2.22. The molecule has 1 aliphatic rings. The van der Waals surface area contributed by atoms with Gasteiger partial charge in [0.25, 0.3) is 0 Å². The first-order chi connectivity index (χ1) is 9.84. The highest BCUT2D eigenvalue weighted by Crippen LogP contribution is 2.28. The van der Waals surface area contributed by atoms with Crippen LogP contribution in [0.5, 0.6) is 5.75 Å². The van der Waals surface area contributed by atoms with Crippen LogP contribution in [0.4, 0.5) is 0 Å². The predicted molar refractivity (Wildman–Crippen MR) is 82.0 cm³/mol. The lowest BCUT2D eigenvalue weighted by atomic mass is 9.85. The monoisotopic (exact) mass is 270 g/mol. The third kappa shape index (κ3) is 2.96. The van der Waals surface area contributed by atoms with E-state index in [4.69, 9.17) is 4.74 Å². The molecule has 0 heterocycles. The molecule has 1 unspecified atom stereocenters. The number of fused-ring (bicyclic) bond motifs is 1. The second kappa shape index (κ2) is 6.27. The standard InChI is InChI=1S/C18H22O2/c19-17(15-8-2-1-3-9-15)13-20-18-12-6-10-14-7-4-5-11-16(14)18/h4-7,10-12,15,17,19H,1-3,8-9,13H2. The highest BCUT2D eigenvalue weighted by molar-refractivity contribution is 5.88. The Balaban J connectivity index is 1.67. The Labute approximate surface area is 120 Å². The van der Waals surface area contributed by atoms with Crippen molar-refractivity contribution in [2.45, 2.75) is 38.2 Å². The summed E-state index contributed by atoms with van der Waals surface area (Å²) in [7, 11) is 0. The molecule has 3 rings (SSSR count). The van der Waals surface area contributed by atoms with Gasteiger partial charge < -0.3 is 9.84 Å². The quantitative estimate of drug-likeness (QED) is 0.904. The number of benzene rings is 2. The van der Waals surface area contributed by atoms with E-state index in [2.05, 4.69) is 18.2 Å². The van der Waals surface area contributed by atoms with Gasteiger partial charge >= 0.3 is 0 Å². The van der Waals surface area contributed by atoms with E-state index in [1.807, 2.05) is 24.3 Å². The molecule has 0 aliphatic heterocycles. The molecule has 2 heteroatoms. The maximum Gasteiger partial charge on any atom is 0.127 e. The molecule has 2 aromatic rings. The zero-order valence-corrected chi connectivity index (χ0v) is 11.8. The molecule has 0 radical (unpaired) electrons. The number of hydrogen-bond acceptors (Lipinski definition) is 2. The smallest absolute Gasteiger partial charge is 0.127 e. The second-order valence-corrected chi connectivity index (χ2v) is 5.75. The van der Waals surface area contributed by atoms with Crippen molar-refractivity contribution in [2.24, 2.45) is 5.92 Å². The minimum atomic E-state index is -0.339. The molecule has 2 aromatic carbocycles. The van der Waals surface area contributed by atoms with E-state index in [1.54, 1.807) is 0 Å². The lowest BCUT2D eigenvalue weighted by molar-refractivity contribution is 0.0418. The molecule has 1 N–H and O–H groups in total. The highest BCUT2D eigenvalue weighted by atomic mass is 16.5. The van der Waals surface area contributed by atoms with Crippen molar-refractivity contribution >= 4 is 10.8 Å². The van der Waals surface area contributed by atoms with Gasteiger partial charge in [0.15, 0.2) is 0 Å². The van der Waals surface area contributed by atoms with Gasteiger partial charge in [-0.15, -0.1) is 0 Å². The third-order valence-electron chi connectivity index (χ3n) is 4.35. The fourth-order valence-electron chi connectivity index (χ4n) is 3.15. The number of ether oxygens (including phenoxy) is 1. The van der Waals surface area contributed by atoms with Crippen LogP contribution >= 0.6 is 0 Å². The Morgan fingerprint density at radius 3 is 2.60 bits per heavy atom. The van der Waals surface area contributed by atoms with Crippen LogP contribution in [-0.4, -0.2) is 17.8 Å². The summed E-state index contributed by atoms with van der Waals surface area (Å²) in [6.07, 6.45) is 5.74. The molecular weight excluding hydrogens is 248 g/mol. The van der Waals surface area contributed by atoms with Gasteiger partial charge in [-0.25, -0.2) is 0 Å². The van der Waals surface area contributed by atoms with Gasteiger partial charge in [0.1, 0.15) is 12.4 Å². The Hall–Kier alpha value is -1.54. The summed E-state index contributed by atoms with van der Waals surface area (Å²) in [4.78, 5) is 0. The van der Waals surface area contributed by atoms with Crippen molar-refractivity contribution in [3.63, 3.8) is 0 Å². The fourth-order valence-corrected chi connectivity index (χ4v) is 3.15. The zero-order chi connectivity index (χ0) is 13.8. The first kappa shape index (κ1) is 13.4. The lowest BCUT2D eigenvalue weighted by Crippen LogP contribution is -2.28. The summed E-state index contributed by atoms with van der Waals surface area (Å²) in [5, 5.41) is 12.6. The predicted octanol–water partition coefficient (Wildman–Crippen LogP) is 4.16. The van der Waals surface area contributed by atoms with Crippen LogP contribution in [0.1, 0.15) is 32.1 Å². The molecule has 1 atom stereocenters. The van der Waals surface area contributed by atoms with E-state index in [-0.39, 0.29) is 6.10 Å². The fraction of sp³-hybridized carbons (Fsp3) is 0.444. The van der Waals surface area contributed by atoms with E-state index in [0.717, 1.165) is 24.0 Å². The normalized spacial score (nSPS) is 18.1. The maximum atomic E-state index is 10.3. The SMILES string of the molecule is OC(COc1cccc2ccccc12)C1CCCCC1. The van der Waals surface area contributed by atoms with Crippen molar-refractivity contribution in [1.82, 2.24) is 0 Å². The summed E-state index contributed by atoms with van der Waals surface area (Å²) in [6, 6.07) is 14.3. The maximum absolute atomic E-state index is 10.3. The molecule has 0 saturated heterocycles. The first-order valence-electron chi connectivity index (χ1n) is 7.63. The zero-order valence-electron chi connectivity index (χ0n) is 11.8. The van der Waals surface area contributed by atoms with Crippen molar-refractivity contribution < 1.29 is 9.84 Å². The van der Waals surface area contributed by atoms with E-state index >= 15 is 0 Å². The first-order valence-corrected chi connectivity index (χ1v) is 7.63. The number of aliphatic hydroxyl groups is 1. The average molecular weight is 270 g/mol. The van der Waals surface area contributed by atoms with Crippen LogP contribution in [0.15, 0.2) is 42.5 Å². The number of aliphatic hydroxyl groups excluding tert-OH is 1. The molecule has 20 heavy (non-hydrogen) atoms. The molecule has 1 saturated carbocycles. The van der Waals surface area contributed by atoms with Crippen LogP contribution in [0.2, 0.25) is 0 Å². The van der Waals surface area contributed by atoms with E-state index in [9.17, 15) is 5.11 Å². The minimum Gasteiger partial charge on any atom is -0.490 e. The van der Waals surface area contributed by atoms with Gasteiger partial charge in [-0.05, 0) is 30.2 Å². The summed E-state index contributed by atoms with van der Waals surface area (Å²) >= 11 is 0.